The number of hydrogen-bond acceptors (Lipinski definition) is 3. The first kappa shape index (κ1) is 15.9. The smallest absolute Gasteiger partial charge is 0.101 e. The van der Waals surface area contributed by atoms with E-state index in [0.717, 1.165) is 24.3 Å². The topological polar surface area (TPSA) is 39.1 Å². The Hall–Kier alpha value is -1.53. The van der Waals surface area contributed by atoms with Gasteiger partial charge in [-0.15, -0.1) is 0 Å². The molecule has 0 bridgehead atoms. The van der Waals surface area contributed by atoms with Crippen LogP contribution in [0.25, 0.3) is 0 Å². The van der Waals surface area contributed by atoms with Crippen molar-refractivity contribution >= 4 is 5.69 Å². The Morgan fingerprint density at radius 2 is 2.05 bits per heavy atom. The molecule has 3 nitrogen and oxygen atoms in total. The standard InChI is InChI=1S/C18H27N3/c1-17(2,3)20-13-14-7-8-16(15(11-14)12-19)21-10-6-9-18(21,4)5/h7-8,11,20H,6,9-10,13H2,1-5H3. The highest BCUT2D eigenvalue weighted by Crippen LogP contribution is 2.35. The van der Waals surface area contributed by atoms with Gasteiger partial charge in [-0.05, 0) is 65.2 Å². The van der Waals surface area contributed by atoms with Crippen molar-refractivity contribution in [3.8, 4) is 6.07 Å². The van der Waals surface area contributed by atoms with E-state index in [2.05, 4.69) is 63.0 Å². The van der Waals surface area contributed by atoms with Crippen molar-refractivity contribution < 1.29 is 0 Å². The monoisotopic (exact) mass is 285 g/mol. The van der Waals surface area contributed by atoms with E-state index in [-0.39, 0.29) is 11.1 Å². The van der Waals surface area contributed by atoms with Gasteiger partial charge in [-0.1, -0.05) is 6.07 Å². The molecule has 21 heavy (non-hydrogen) atoms. The molecule has 2 rings (SSSR count). The van der Waals surface area contributed by atoms with Crippen molar-refractivity contribution in [2.24, 2.45) is 0 Å². The van der Waals surface area contributed by atoms with E-state index < -0.39 is 0 Å². The number of benzene rings is 1. The molecule has 0 unspecified atom stereocenters. The molecule has 0 amide bonds. The lowest BCUT2D eigenvalue weighted by atomic mass is 9.99. The summed E-state index contributed by atoms with van der Waals surface area (Å²) < 4.78 is 0. The van der Waals surface area contributed by atoms with Crippen LogP contribution < -0.4 is 10.2 Å². The zero-order valence-electron chi connectivity index (χ0n) is 14.0. The van der Waals surface area contributed by atoms with Crippen LogP contribution in [-0.2, 0) is 6.54 Å². The minimum atomic E-state index is 0.0857. The van der Waals surface area contributed by atoms with Gasteiger partial charge < -0.3 is 10.2 Å². The lowest BCUT2D eigenvalue weighted by Crippen LogP contribution is -2.38. The van der Waals surface area contributed by atoms with Crippen LogP contribution >= 0.6 is 0 Å². The first-order valence-corrected chi connectivity index (χ1v) is 7.79. The molecule has 1 saturated heterocycles. The van der Waals surface area contributed by atoms with E-state index in [1.165, 1.54) is 18.4 Å². The summed E-state index contributed by atoms with van der Waals surface area (Å²) in [5.41, 5.74) is 3.28. The lowest BCUT2D eigenvalue weighted by molar-refractivity contribution is 0.424. The molecular formula is C18H27N3. The Bertz CT molecular complexity index is 547. The predicted octanol–water partition coefficient (Wildman–Crippen LogP) is 3.83. The molecule has 0 aromatic heterocycles. The molecule has 0 atom stereocenters. The Morgan fingerprint density at radius 3 is 2.57 bits per heavy atom. The van der Waals surface area contributed by atoms with Crippen molar-refractivity contribution in [2.75, 3.05) is 11.4 Å². The van der Waals surface area contributed by atoms with Gasteiger partial charge in [-0.2, -0.15) is 5.26 Å². The molecule has 0 spiro atoms. The van der Waals surface area contributed by atoms with Gasteiger partial charge in [0.05, 0.1) is 11.3 Å². The van der Waals surface area contributed by atoms with Crippen molar-refractivity contribution in [2.45, 2.75) is 65.1 Å². The van der Waals surface area contributed by atoms with Crippen LogP contribution in [-0.4, -0.2) is 17.6 Å². The fourth-order valence-electron chi connectivity index (χ4n) is 2.94. The maximum Gasteiger partial charge on any atom is 0.101 e. The summed E-state index contributed by atoms with van der Waals surface area (Å²) >= 11 is 0. The van der Waals surface area contributed by atoms with Crippen LogP contribution in [0.1, 0.15) is 58.6 Å². The summed E-state index contributed by atoms with van der Waals surface area (Å²) in [6, 6.07) is 8.67. The quantitative estimate of drug-likeness (QED) is 0.917. The fourth-order valence-corrected chi connectivity index (χ4v) is 2.94. The second kappa shape index (κ2) is 5.69. The normalized spacial score (nSPS) is 17.8. The third-order valence-electron chi connectivity index (χ3n) is 4.20. The summed E-state index contributed by atoms with van der Waals surface area (Å²) in [5, 5.41) is 13.0. The second-order valence-electron chi connectivity index (χ2n) is 7.63. The molecule has 1 aromatic rings. The van der Waals surface area contributed by atoms with Gasteiger partial charge in [-0.25, -0.2) is 0 Å². The number of anilines is 1. The van der Waals surface area contributed by atoms with Crippen molar-refractivity contribution in [3.05, 3.63) is 29.3 Å². The molecule has 1 N–H and O–H groups in total. The first-order chi connectivity index (χ1) is 9.73. The molecule has 0 saturated carbocycles. The summed E-state index contributed by atoms with van der Waals surface area (Å²) in [6.45, 7) is 12.8. The molecule has 1 aliphatic heterocycles. The zero-order valence-corrected chi connectivity index (χ0v) is 14.0. The average Bonchev–Trinajstić information content (AvgIpc) is 2.74. The number of nitrogens with one attached hydrogen (secondary N) is 1. The van der Waals surface area contributed by atoms with Crippen molar-refractivity contribution in [3.63, 3.8) is 0 Å². The summed E-state index contributed by atoms with van der Waals surface area (Å²) in [4.78, 5) is 2.38. The van der Waals surface area contributed by atoms with Crippen LogP contribution in [0.5, 0.6) is 0 Å². The minimum absolute atomic E-state index is 0.0857. The van der Waals surface area contributed by atoms with Gasteiger partial charge in [0.15, 0.2) is 0 Å². The Morgan fingerprint density at radius 1 is 1.33 bits per heavy atom. The molecule has 114 valence electrons. The van der Waals surface area contributed by atoms with Crippen LogP contribution in [0.2, 0.25) is 0 Å². The number of rotatable bonds is 3. The number of nitriles is 1. The zero-order chi connectivity index (χ0) is 15.7. The summed E-state index contributed by atoms with van der Waals surface area (Å²) in [7, 11) is 0. The highest BCUT2D eigenvalue weighted by molar-refractivity contribution is 5.62. The van der Waals surface area contributed by atoms with E-state index in [1.54, 1.807) is 0 Å². The minimum Gasteiger partial charge on any atom is -0.365 e. The summed E-state index contributed by atoms with van der Waals surface area (Å²) in [6.07, 6.45) is 2.39. The van der Waals surface area contributed by atoms with Crippen LogP contribution in [0.3, 0.4) is 0 Å². The highest BCUT2D eigenvalue weighted by atomic mass is 15.2. The van der Waals surface area contributed by atoms with E-state index >= 15 is 0 Å². The molecule has 1 aromatic carbocycles. The molecule has 0 aliphatic carbocycles. The molecule has 3 heteroatoms. The molecule has 1 aliphatic rings. The SMILES string of the molecule is CC(C)(C)NCc1ccc(N2CCCC2(C)C)c(C#N)c1. The maximum absolute atomic E-state index is 9.50. The predicted molar refractivity (Wildman–Crippen MR) is 88.4 cm³/mol. The number of nitrogens with zero attached hydrogens (tertiary/aromatic N) is 2. The largest absolute Gasteiger partial charge is 0.365 e. The van der Waals surface area contributed by atoms with E-state index in [9.17, 15) is 5.26 Å². The molecular weight excluding hydrogens is 258 g/mol. The fraction of sp³-hybridized carbons (Fsp3) is 0.611. The third kappa shape index (κ3) is 3.77. The highest BCUT2D eigenvalue weighted by Gasteiger charge is 2.33. The number of hydrogen-bond donors (Lipinski definition) is 1. The van der Waals surface area contributed by atoms with Crippen LogP contribution in [0, 0.1) is 11.3 Å². The van der Waals surface area contributed by atoms with Gasteiger partial charge in [0.25, 0.3) is 0 Å². The van der Waals surface area contributed by atoms with E-state index in [1.807, 2.05) is 6.07 Å². The second-order valence-corrected chi connectivity index (χ2v) is 7.63. The molecule has 1 fully saturated rings. The third-order valence-corrected chi connectivity index (χ3v) is 4.20. The van der Waals surface area contributed by atoms with Gasteiger partial charge in [0.1, 0.15) is 6.07 Å². The van der Waals surface area contributed by atoms with Gasteiger partial charge in [0.2, 0.25) is 0 Å². The maximum atomic E-state index is 9.50. The van der Waals surface area contributed by atoms with Crippen molar-refractivity contribution in [1.82, 2.24) is 5.32 Å². The van der Waals surface area contributed by atoms with Crippen LogP contribution in [0.4, 0.5) is 5.69 Å². The van der Waals surface area contributed by atoms with E-state index in [4.69, 9.17) is 0 Å². The van der Waals surface area contributed by atoms with Gasteiger partial charge in [-0.3, -0.25) is 0 Å². The Kier molecular flexibility index (Phi) is 4.30. The van der Waals surface area contributed by atoms with Gasteiger partial charge in [0, 0.05) is 24.2 Å². The van der Waals surface area contributed by atoms with E-state index in [0.29, 0.717) is 0 Å². The average molecular weight is 285 g/mol. The Labute approximate surface area is 129 Å². The lowest BCUT2D eigenvalue weighted by Gasteiger charge is -2.34. The first-order valence-electron chi connectivity index (χ1n) is 7.79. The molecule has 0 radical (unpaired) electrons. The molecule has 1 heterocycles. The van der Waals surface area contributed by atoms with Gasteiger partial charge >= 0.3 is 0 Å². The summed E-state index contributed by atoms with van der Waals surface area (Å²) in [5.74, 6) is 0. The Balaban J connectivity index is 2.24. The van der Waals surface area contributed by atoms with Crippen molar-refractivity contribution in [1.29, 1.82) is 5.26 Å². The van der Waals surface area contributed by atoms with Crippen LogP contribution in [0.15, 0.2) is 18.2 Å².